The van der Waals surface area contributed by atoms with Gasteiger partial charge in [-0.1, -0.05) is 78.9 Å². The molecule has 9 rings (SSSR count). The van der Waals surface area contributed by atoms with Crippen molar-refractivity contribution in [1.29, 1.82) is 0 Å². The molecule has 222 valence electrons. The van der Waals surface area contributed by atoms with Gasteiger partial charge in [-0.3, -0.25) is 19.9 Å². The molecule has 5 nitrogen and oxygen atoms in total. The molecule has 3 aromatic carbocycles. The summed E-state index contributed by atoms with van der Waals surface area (Å²) >= 11 is 4.99. The van der Waals surface area contributed by atoms with E-state index in [1.165, 1.54) is 20.9 Å². The van der Waals surface area contributed by atoms with E-state index in [-0.39, 0.29) is 0 Å². The van der Waals surface area contributed by atoms with Crippen molar-refractivity contribution in [3.8, 4) is 0 Å². The Bertz CT molecular complexity index is 1660. The van der Waals surface area contributed by atoms with Gasteiger partial charge < -0.3 is 0 Å². The molecule has 0 aliphatic heterocycles. The van der Waals surface area contributed by atoms with Crippen LogP contribution < -0.4 is 0 Å². The Morgan fingerprint density at radius 3 is 1.67 bits per heavy atom. The number of nitrogens with zero attached hydrogens (tertiary/aromatic N) is 5. The number of para-hydroxylation sites is 2. The molecule has 0 aliphatic rings. The van der Waals surface area contributed by atoms with E-state index in [1.807, 2.05) is 131 Å². The van der Waals surface area contributed by atoms with Crippen molar-refractivity contribution in [2.24, 2.45) is 0 Å². The molecule has 0 bridgehead atoms. The minimum atomic E-state index is 1.06. The summed E-state index contributed by atoms with van der Waals surface area (Å²) in [5.74, 6) is 0. The highest BCUT2D eigenvalue weighted by Crippen LogP contribution is 2.15. The van der Waals surface area contributed by atoms with E-state index >= 15 is 0 Å². The lowest BCUT2D eigenvalue weighted by Crippen LogP contribution is -1.73. The molecule has 9 aromatic rings. The van der Waals surface area contributed by atoms with Crippen LogP contribution in [0.25, 0.3) is 31.9 Å². The van der Waals surface area contributed by atoms with Crippen LogP contribution in [0.4, 0.5) is 0 Å². The van der Waals surface area contributed by atoms with Crippen LogP contribution in [0.2, 0.25) is 0 Å². The molecule has 0 radical (unpaired) electrons. The highest BCUT2D eigenvalue weighted by molar-refractivity contribution is 7.16. The number of aromatic nitrogens is 5. The summed E-state index contributed by atoms with van der Waals surface area (Å²) in [6.45, 7) is 0. The van der Waals surface area contributed by atoms with Gasteiger partial charge in [0.15, 0.2) is 0 Å². The summed E-state index contributed by atoms with van der Waals surface area (Å²) in [5, 5.41) is 9.66. The predicted octanol–water partition coefficient (Wildman–Crippen LogP) is 10.7. The molecule has 0 saturated carbocycles. The van der Waals surface area contributed by atoms with Crippen LogP contribution >= 0.6 is 34.0 Å². The highest BCUT2D eigenvalue weighted by atomic mass is 32.1. The monoisotopic (exact) mass is 641 g/mol. The van der Waals surface area contributed by atoms with E-state index in [1.54, 1.807) is 58.1 Å². The molecule has 0 atom stereocenters. The van der Waals surface area contributed by atoms with Crippen molar-refractivity contribution >= 4 is 65.9 Å². The maximum absolute atomic E-state index is 4.18. The molecule has 0 spiro atoms. The van der Waals surface area contributed by atoms with Crippen LogP contribution in [0.1, 0.15) is 0 Å². The quantitative estimate of drug-likeness (QED) is 0.165. The second-order valence-electron chi connectivity index (χ2n) is 8.73. The lowest BCUT2D eigenvalue weighted by Gasteiger charge is -1.91. The fraction of sp³-hybridized carbons (Fsp3) is 0. The first-order chi connectivity index (χ1) is 22.4. The van der Waals surface area contributed by atoms with Gasteiger partial charge in [0, 0.05) is 47.9 Å². The summed E-state index contributed by atoms with van der Waals surface area (Å²) in [6.07, 6.45) is 10.8. The summed E-state index contributed by atoms with van der Waals surface area (Å²) < 4.78 is 1.26. The van der Waals surface area contributed by atoms with Gasteiger partial charge in [0.25, 0.3) is 0 Å². The van der Waals surface area contributed by atoms with Gasteiger partial charge in [-0.2, -0.15) is 11.3 Å². The zero-order valence-corrected chi connectivity index (χ0v) is 26.8. The first-order valence-electron chi connectivity index (χ1n) is 13.9. The molecule has 0 N–H and O–H groups in total. The lowest BCUT2D eigenvalue weighted by atomic mass is 10.2. The largest absolute Gasteiger partial charge is 0.265 e. The number of hydrogen-bond donors (Lipinski definition) is 0. The topological polar surface area (TPSA) is 64.5 Å². The van der Waals surface area contributed by atoms with Gasteiger partial charge in [0.05, 0.1) is 26.8 Å². The summed E-state index contributed by atoms with van der Waals surface area (Å²) in [4.78, 5) is 19.9. The van der Waals surface area contributed by atoms with Crippen molar-refractivity contribution in [1.82, 2.24) is 24.9 Å². The minimum Gasteiger partial charge on any atom is -0.265 e. The van der Waals surface area contributed by atoms with Gasteiger partial charge in [0.2, 0.25) is 0 Å². The molecule has 0 amide bonds. The van der Waals surface area contributed by atoms with E-state index in [0.29, 0.717) is 0 Å². The van der Waals surface area contributed by atoms with E-state index in [4.69, 9.17) is 0 Å². The number of pyridine rings is 3. The van der Waals surface area contributed by atoms with Crippen LogP contribution in [0, 0.1) is 0 Å². The highest BCUT2D eigenvalue weighted by Gasteiger charge is 1.90. The van der Waals surface area contributed by atoms with Gasteiger partial charge in [-0.05, 0) is 64.0 Å². The number of thiophene rings is 1. The summed E-state index contributed by atoms with van der Waals surface area (Å²) in [6, 6.07) is 40.2. The molecule has 6 heterocycles. The number of benzene rings is 3. The van der Waals surface area contributed by atoms with Gasteiger partial charge in [-0.25, -0.2) is 4.98 Å². The molecular formula is C37H31N5S3. The Balaban J connectivity index is 0.000000126. The normalized spacial score (nSPS) is 9.33. The molecule has 0 aliphatic carbocycles. The van der Waals surface area contributed by atoms with Crippen molar-refractivity contribution in [3.05, 3.63) is 186 Å². The molecular weight excluding hydrogens is 611 g/mol. The average Bonchev–Trinajstić information content (AvgIpc) is 3.97. The molecule has 0 unspecified atom stereocenters. The smallest absolute Gasteiger partial charge is 0.0812 e. The van der Waals surface area contributed by atoms with Crippen LogP contribution in [0.15, 0.2) is 186 Å². The number of hydrogen-bond acceptors (Lipinski definition) is 8. The van der Waals surface area contributed by atoms with Crippen molar-refractivity contribution in [3.63, 3.8) is 0 Å². The van der Waals surface area contributed by atoms with Crippen LogP contribution in [0.3, 0.4) is 0 Å². The number of fused-ring (bicyclic) bond motifs is 3. The zero-order chi connectivity index (χ0) is 31.0. The Kier molecular flexibility index (Phi) is 15.1. The Morgan fingerprint density at radius 1 is 0.378 bits per heavy atom. The fourth-order valence-corrected chi connectivity index (χ4v) is 5.04. The third kappa shape index (κ3) is 12.9. The zero-order valence-electron chi connectivity index (χ0n) is 24.4. The van der Waals surface area contributed by atoms with Crippen molar-refractivity contribution in [2.45, 2.75) is 0 Å². The van der Waals surface area contributed by atoms with E-state index in [0.717, 1.165) is 11.0 Å². The Labute approximate surface area is 275 Å². The Hall–Kier alpha value is -5.15. The van der Waals surface area contributed by atoms with E-state index < -0.39 is 0 Å². The summed E-state index contributed by atoms with van der Waals surface area (Å²) in [7, 11) is 0. The SMILES string of the molecule is c1ccc2cnccc2c1.c1ccc2ncccc2c1.c1ccc2scnc2c1.c1ccncc1.c1ccsc1.c1cscn1. The minimum absolute atomic E-state index is 1.06. The van der Waals surface area contributed by atoms with Crippen LogP contribution in [-0.2, 0) is 0 Å². The third-order valence-corrected chi connectivity index (χ3v) is 7.60. The first kappa shape index (κ1) is 32.8. The lowest BCUT2D eigenvalue weighted by molar-refractivity contribution is 1.33. The first-order valence-corrected chi connectivity index (χ1v) is 16.7. The average molecular weight is 642 g/mol. The fourth-order valence-electron chi connectivity index (χ4n) is 3.56. The van der Waals surface area contributed by atoms with Crippen molar-refractivity contribution in [2.75, 3.05) is 0 Å². The Morgan fingerprint density at radius 2 is 1.09 bits per heavy atom. The molecule has 0 fully saturated rings. The van der Waals surface area contributed by atoms with E-state index in [9.17, 15) is 0 Å². The van der Waals surface area contributed by atoms with Gasteiger partial charge >= 0.3 is 0 Å². The molecule has 0 saturated heterocycles. The number of rotatable bonds is 0. The number of thiazole rings is 2. The van der Waals surface area contributed by atoms with Crippen LogP contribution in [-0.4, -0.2) is 24.9 Å². The standard InChI is InChI=1S/2C9H7N.C7H5NS.C5H5N.C4H4S.C3H3NS/c1-2-6-9-8(4-1)5-3-7-10-9;1-2-4-9-7-10-6-5-8(9)3-1;1-2-4-7-6(3-1)8-5-9-7;1-2-4-6-5-3-1;1-2-4-5-3-1;1-2-5-3-4-1/h2*1-7H;1-5H;1-5H;1-4H;1-3H. The van der Waals surface area contributed by atoms with Gasteiger partial charge in [0.1, 0.15) is 0 Å². The molecule has 8 heteroatoms. The molecule has 6 aromatic heterocycles. The van der Waals surface area contributed by atoms with E-state index in [2.05, 4.69) is 55.3 Å². The maximum Gasteiger partial charge on any atom is 0.0812 e. The molecule has 45 heavy (non-hydrogen) atoms. The maximum atomic E-state index is 4.18. The summed E-state index contributed by atoms with van der Waals surface area (Å²) in [5.41, 5.74) is 5.82. The van der Waals surface area contributed by atoms with Crippen molar-refractivity contribution < 1.29 is 0 Å². The second kappa shape index (κ2) is 20.7. The third-order valence-electron chi connectivity index (χ3n) is 5.64. The second-order valence-corrected chi connectivity index (χ2v) is 11.2. The van der Waals surface area contributed by atoms with Crippen LogP contribution in [0.5, 0.6) is 0 Å². The predicted molar refractivity (Wildman–Crippen MR) is 194 cm³/mol. The van der Waals surface area contributed by atoms with Gasteiger partial charge in [-0.15, -0.1) is 22.7 Å².